The number of likely N-dealkylation sites (N-methyl/N-ethyl adjacent to an activating group) is 1. The summed E-state index contributed by atoms with van der Waals surface area (Å²) in [5.74, 6) is -1.49. The van der Waals surface area contributed by atoms with E-state index < -0.39 is 18.0 Å². The lowest BCUT2D eigenvalue weighted by Gasteiger charge is -2.19. The number of alkyl halides is 1. The number of halogens is 1. The lowest BCUT2D eigenvalue weighted by atomic mass is 10.1. The van der Waals surface area contributed by atoms with Crippen LogP contribution in [-0.4, -0.2) is 41.1 Å². The van der Waals surface area contributed by atoms with E-state index in [0.717, 1.165) is 17.7 Å². The lowest BCUT2D eigenvalue weighted by molar-refractivity contribution is -0.144. The number of amides is 1. The van der Waals surface area contributed by atoms with Crippen LogP contribution >= 0.6 is 0 Å². The van der Waals surface area contributed by atoms with Gasteiger partial charge in [-0.15, -0.1) is 0 Å². The van der Waals surface area contributed by atoms with Gasteiger partial charge in [0.15, 0.2) is 0 Å². The predicted molar refractivity (Wildman–Crippen MR) is 58.9 cm³/mol. The highest BCUT2D eigenvalue weighted by molar-refractivity contribution is 5.81. The van der Waals surface area contributed by atoms with Gasteiger partial charge in [-0.25, -0.2) is 4.39 Å². The fourth-order valence-electron chi connectivity index (χ4n) is 1.39. The van der Waals surface area contributed by atoms with Gasteiger partial charge < -0.3 is 10.0 Å². The van der Waals surface area contributed by atoms with E-state index in [1.54, 1.807) is 6.92 Å². The summed E-state index contributed by atoms with van der Waals surface area (Å²) < 4.78 is 13.3. The Kier molecular flexibility index (Phi) is 7.50. The normalized spacial score (nSPS) is 12.2. The average Bonchev–Trinajstić information content (AvgIpc) is 2.22. The Bertz CT molecular complexity index is 233. The van der Waals surface area contributed by atoms with Gasteiger partial charge in [0.25, 0.3) is 0 Å². The van der Waals surface area contributed by atoms with E-state index >= 15 is 0 Å². The van der Waals surface area contributed by atoms with Crippen molar-refractivity contribution in [2.75, 3.05) is 13.1 Å². The van der Waals surface area contributed by atoms with Crippen LogP contribution < -0.4 is 0 Å². The Labute approximate surface area is 95.4 Å². The van der Waals surface area contributed by atoms with Crippen LogP contribution in [0.1, 0.15) is 39.5 Å². The minimum Gasteiger partial charge on any atom is -0.480 e. The van der Waals surface area contributed by atoms with Crippen molar-refractivity contribution in [1.82, 2.24) is 4.90 Å². The number of carboxylic acid groups (broad SMARTS) is 1. The van der Waals surface area contributed by atoms with E-state index in [9.17, 15) is 14.0 Å². The monoisotopic (exact) mass is 233 g/mol. The van der Waals surface area contributed by atoms with Gasteiger partial charge in [0.1, 0.15) is 12.7 Å². The molecule has 1 amide bonds. The number of aliphatic carboxylic acids is 1. The Morgan fingerprint density at radius 1 is 1.38 bits per heavy atom. The molecule has 0 aromatic heterocycles. The number of carbonyl (C=O) groups excluding carboxylic acids is 1. The van der Waals surface area contributed by atoms with Crippen LogP contribution in [-0.2, 0) is 9.59 Å². The molecule has 4 nitrogen and oxygen atoms in total. The fourth-order valence-corrected chi connectivity index (χ4v) is 1.39. The van der Waals surface area contributed by atoms with Crippen LogP contribution in [0, 0.1) is 0 Å². The van der Waals surface area contributed by atoms with Gasteiger partial charge in [-0.2, -0.15) is 0 Å². The maximum absolute atomic E-state index is 13.3. The summed E-state index contributed by atoms with van der Waals surface area (Å²) in [5.41, 5.74) is 0. The minimum atomic E-state index is -1.16. The van der Waals surface area contributed by atoms with Gasteiger partial charge in [-0.1, -0.05) is 19.8 Å². The summed E-state index contributed by atoms with van der Waals surface area (Å²) in [5, 5.41) is 8.55. The Morgan fingerprint density at radius 2 is 2.00 bits per heavy atom. The van der Waals surface area contributed by atoms with Crippen molar-refractivity contribution in [2.24, 2.45) is 0 Å². The smallest absolute Gasteiger partial charge is 0.323 e. The van der Waals surface area contributed by atoms with E-state index in [-0.39, 0.29) is 13.0 Å². The number of carboxylic acids is 1. The fraction of sp³-hybridized carbons (Fsp3) is 0.818. The highest BCUT2D eigenvalue weighted by Gasteiger charge is 2.19. The molecule has 0 aliphatic heterocycles. The Hall–Kier alpha value is -1.13. The average molecular weight is 233 g/mol. The van der Waals surface area contributed by atoms with E-state index in [1.165, 1.54) is 0 Å². The molecule has 94 valence electrons. The molecule has 0 saturated heterocycles. The zero-order valence-corrected chi connectivity index (χ0v) is 9.91. The van der Waals surface area contributed by atoms with Crippen molar-refractivity contribution in [1.29, 1.82) is 0 Å². The van der Waals surface area contributed by atoms with Gasteiger partial charge in [-0.05, 0) is 13.3 Å². The molecule has 0 spiro atoms. The van der Waals surface area contributed by atoms with E-state index in [1.807, 2.05) is 6.92 Å². The molecule has 0 aromatic rings. The second-order valence-corrected chi connectivity index (χ2v) is 3.75. The molecule has 1 atom stereocenters. The topological polar surface area (TPSA) is 57.6 Å². The van der Waals surface area contributed by atoms with Gasteiger partial charge >= 0.3 is 5.97 Å². The zero-order chi connectivity index (χ0) is 12.6. The maximum Gasteiger partial charge on any atom is 0.323 e. The van der Waals surface area contributed by atoms with Crippen molar-refractivity contribution in [2.45, 2.75) is 45.7 Å². The zero-order valence-electron chi connectivity index (χ0n) is 9.91. The molecule has 0 rings (SSSR count). The summed E-state index contributed by atoms with van der Waals surface area (Å²) in [6.07, 6.45) is 0.643. The maximum atomic E-state index is 13.3. The highest BCUT2D eigenvalue weighted by Crippen LogP contribution is 2.10. The molecule has 0 aliphatic rings. The SMILES string of the molecule is CCCCC(F)CC(=O)N(CC)CC(=O)O. The van der Waals surface area contributed by atoms with Crippen molar-refractivity contribution in [3.05, 3.63) is 0 Å². The molecule has 0 aromatic carbocycles. The van der Waals surface area contributed by atoms with Crippen molar-refractivity contribution < 1.29 is 19.1 Å². The first-order valence-electron chi connectivity index (χ1n) is 5.64. The summed E-state index contributed by atoms with van der Waals surface area (Å²) in [6, 6.07) is 0. The number of hydrogen-bond donors (Lipinski definition) is 1. The molecule has 0 heterocycles. The Morgan fingerprint density at radius 3 is 2.44 bits per heavy atom. The number of nitrogens with zero attached hydrogens (tertiary/aromatic N) is 1. The summed E-state index contributed by atoms with van der Waals surface area (Å²) >= 11 is 0. The third-order valence-electron chi connectivity index (χ3n) is 2.33. The first-order valence-corrected chi connectivity index (χ1v) is 5.64. The summed E-state index contributed by atoms with van der Waals surface area (Å²) in [4.78, 5) is 23.1. The van der Waals surface area contributed by atoms with Gasteiger partial charge in [0, 0.05) is 6.54 Å². The van der Waals surface area contributed by atoms with Gasteiger partial charge in [0.2, 0.25) is 5.91 Å². The molecule has 1 unspecified atom stereocenters. The van der Waals surface area contributed by atoms with E-state index in [0.29, 0.717) is 13.0 Å². The van der Waals surface area contributed by atoms with E-state index in [4.69, 9.17) is 5.11 Å². The van der Waals surface area contributed by atoms with Crippen LogP contribution in [0.25, 0.3) is 0 Å². The number of rotatable bonds is 8. The number of unbranched alkanes of at least 4 members (excludes halogenated alkanes) is 1. The second-order valence-electron chi connectivity index (χ2n) is 3.75. The third kappa shape index (κ3) is 6.37. The lowest BCUT2D eigenvalue weighted by Crippen LogP contribution is -2.36. The van der Waals surface area contributed by atoms with Crippen LogP contribution in [0.3, 0.4) is 0 Å². The quantitative estimate of drug-likeness (QED) is 0.696. The molecule has 0 aliphatic carbocycles. The third-order valence-corrected chi connectivity index (χ3v) is 2.33. The Balaban J connectivity index is 4.04. The molecule has 16 heavy (non-hydrogen) atoms. The largest absolute Gasteiger partial charge is 0.480 e. The molecule has 0 radical (unpaired) electrons. The highest BCUT2D eigenvalue weighted by atomic mass is 19.1. The first-order chi connectivity index (χ1) is 7.51. The van der Waals surface area contributed by atoms with E-state index in [2.05, 4.69) is 0 Å². The van der Waals surface area contributed by atoms with Crippen LogP contribution in [0.2, 0.25) is 0 Å². The molecule has 1 N–H and O–H groups in total. The molecule has 0 bridgehead atoms. The first kappa shape index (κ1) is 14.9. The number of hydrogen-bond acceptors (Lipinski definition) is 2. The predicted octanol–water partition coefficient (Wildman–Crippen LogP) is 1.84. The van der Waals surface area contributed by atoms with Crippen LogP contribution in [0.4, 0.5) is 4.39 Å². The van der Waals surface area contributed by atoms with Crippen LogP contribution in [0.15, 0.2) is 0 Å². The molecule has 5 heteroatoms. The standard InChI is InChI=1S/C11H20FNO3/c1-3-5-6-9(12)7-10(14)13(4-2)8-11(15)16/h9H,3-8H2,1-2H3,(H,15,16). The van der Waals surface area contributed by atoms with Gasteiger partial charge in [-0.3, -0.25) is 9.59 Å². The van der Waals surface area contributed by atoms with Gasteiger partial charge in [0.05, 0.1) is 6.42 Å². The van der Waals surface area contributed by atoms with Crippen molar-refractivity contribution >= 4 is 11.9 Å². The molecular formula is C11H20FNO3. The summed E-state index contributed by atoms with van der Waals surface area (Å²) in [6.45, 7) is 3.58. The molecule has 0 saturated carbocycles. The molecule has 0 fully saturated rings. The molecular weight excluding hydrogens is 213 g/mol. The minimum absolute atomic E-state index is 0.207. The number of carbonyl (C=O) groups is 2. The van der Waals surface area contributed by atoms with Crippen LogP contribution in [0.5, 0.6) is 0 Å². The second kappa shape index (κ2) is 8.07. The van der Waals surface area contributed by atoms with Crippen molar-refractivity contribution in [3.63, 3.8) is 0 Å². The van der Waals surface area contributed by atoms with Crippen molar-refractivity contribution in [3.8, 4) is 0 Å². The summed E-state index contributed by atoms with van der Waals surface area (Å²) in [7, 11) is 0.